The number of anilines is 3. The van der Waals surface area contributed by atoms with Gasteiger partial charge in [-0.3, -0.25) is 0 Å². The fourth-order valence-corrected chi connectivity index (χ4v) is 3.79. The van der Waals surface area contributed by atoms with E-state index < -0.39 is 9.84 Å². The molecule has 30 heavy (non-hydrogen) atoms. The molecule has 0 bridgehead atoms. The maximum atomic E-state index is 11.6. The topological polar surface area (TPSA) is 110 Å². The van der Waals surface area contributed by atoms with E-state index in [1.165, 1.54) is 6.26 Å². The van der Waals surface area contributed by atoms with Gasteiger partial charge in [-0.1, -0.05) is 29.8 Å². The van der Waals surface area contributed by atoms with Gasteiger partial charge in [-0.05, 0) is 43.2 Å². The van der Waals surface area contributed by atoms with Crippen LogP contribution in [-0.4, -0.2) is 37.7 Å². The molecule has 0 spiro atoms. The Morgan fingerprint density at radius 2 is 1.77 bits per heavy atom. The lowest BCUT2D eigenvalue weighted by molar-refractivity contribution is 0.602. The maximum Gasteiger partial charge on any atom is 0.222 e. The Morgan fingerprint density at radius 1 is 1.03 bits per heavy atom. The first-order valence-corrected chi connectivity index (χ1v) is 11.7. The summed E-state index contributed by atoms with van der Waals surface area (Å²) in [5, 5.41) is 7.15. The summed E-state index contributed by atoms with van der Waals surface area (Å²) in [4.78, 5) is 8.86. The monoisotopic (exact) mass is 445 g/mol. The van der Waals surface area contributed by atoms with Crippen molar-refractivity contribution in [3.63, 3.8) is 0 Å². The van der Waals surface area contributed by atoms with Crippen LogP contribution in [0, 0.1) is 6.92 Å². The lowest BCUT2D eigenvalue weighted by atomic mass is 10.1. The summed E-state index contributed by atoms with van der Waals surface area (Å²) in [6.45, 7) is 3.26. The predicted octanol–water partition coefficient (Wildman–Crippen LogP) is 4.01. The number of hydrogen-bond acceptors (Lipinski definition) is 7. The second-order valence-corrected chi connectivity index (χ2v) is 9.34. The molecule has 3 aromatic rings. The Hall–Kier alpha value is -2.84. The van der Waals surface area contributed by atoms with Crippen LogP contribution in [0.4, 0.5) is 17.5 Å². The Morgan fingerprint density at radius 3 is 2.53 bits per heavy atom. The van der Waals surface area contributed by atoms with Crippen LogP contribution in [0.2, 0.25) is 5.02 Å². The van der Waals surface area contributed by atoms with E-state index in [2.05, 4.69) is 20.6 Å². The van der Waals surface area contributed by atoms with Crippen molar-refractivity contribution in [2.45, 2.75) is 18.2 Å². The quantitative estimate of drug-likeness (QED) is 0.449. The smallest absolute Gasteiger partial charge is 0.222 e. The van der Waals surface area contributed by atoms with Crippen LogP contribution >= 0.6 is 11.6 Å². The molecule has 158 valence electrons. The number of benzene rings is 2. The third-order valence-corrected chi connectivity index (χ3v) is 6.06. The highest BCUT2D eigenvalue weighted by Gasteiger charge is 2.10. The van der Waals surface area contributed by atoms with Crippen molar-refractivity contribution in [3.8, 4) is 11.3 Å². The Bertz CT molecular complexity index is 1150. The van der Waals surface area contributed by atoms with Crippen molar-refractivity contribution in [2.75, 3.05) is 35.7 Å². The van der Waals surface area contributed by atoms with Crippen molar-refractivity contribution < 1.29 is 8.42 Å². The largest absolute Gasteiger partial charge is 0.385 e. The number of aromatic nitrogens is 2. The van der Waals surface area contributed by atoms with Gasteiger partial charge in [0.25, 0.3) is 0 Å². The molecule has 0 aliphatic heterocycles. The van der Waals surface area contributed by atoms with Crippen molar-refractivity contribution in [1.82, 2.24) is 9.97 Å². The summed E-state index contributed by atoms with van der Waals surface area (Å²) < 4.78 is 23.3. The standard InChI is InChI=1S/C21H24ClN5O2S/c1-14-17(8-4-9-18(14)22)19-13-20(27-21(23)26-19)25-11-5-10-24-15-6-3-7-16(12-15)30(2,28)29/h3-4,6-9,12-13,24H,5,10-11H2,1-2H3,(H3,23,25,26,27). The average molecular weight is 446 g/mol. The number of nitrogens with one attached hydrogen (secondary N) is 2. The van der Waals surface area contributed by atoms with Gasteiger partial charge >= 0.3 is 0 Å². The molecule has 0 fully saturated rings. The van der Waals surface area contributed by atoms with Gasteiger partial charge in [-0.25, -0.2) is 13.4 Å². The number of halogens is 1. The first kappa shape index (κ1) is 21.9. The van der Waals surface area contributed by atoms with Gasteiger partial charge in [0.1, 0.15) is 5.82 Å². The van der Waals surface area contributed by atoms with Crippen molar-refractivity contribution >= 4 is 38.9 Å². The minimum absolute atomic E-state index is 0.185. The summed E-state index contributed by atoms with van der Waals surface area (Å²) in [6.07, 6.45) is 1.99. The van der Waals surface area contributed by atoms with E-state index in [-0.39, 0.29) is 5.95 Å². The summed E-state index contributed by atoms with van der Waals surface area (Å²) in [6, 6.07) is 14.3. The highest BCUT2D eigenvalue weighted by molar-refractivity contribution is 7.90. The van der Waals surface area contributed by atoms with Crippen LogP contribution in [0.3, 0.4) is 0 Å². The Kier molecular flexibility index (Phi) is 6.79. The van der Waals surface area contributed by atoms with Gasteiger partial charge in [0, 0.05) is 41.7 Å². The highest BCUT2D eigenvalue weighted by Crippen LogP contribution is 2.28. The van der Waals surface area contributed by atoms with Crippen LogP contribution in [0.15, 0.2) is 53.4 Å². The van der Waals surface area contributed by atoms with Crippen LogP contribution in [0.1, 0.15) is 12.0 Å². The Balaban J connectivity index is 1.58. The van der Waals surface area contributed by atoms with Crippen molar-refractivity contribution in [2.24, 2.45) is 0 Å². The van der Waals surface area contributed by atoms with Gasteiger partial charge < -0.3 is 16.4 Å². The Labute approximate surface area is 181 Å². The van der Waals surface area contributed by atoms with E-state index in [0.29, 0.717) is 34.5 Å². The van der Waals surface area contributed by atoms with Gasteiger partial charge in [-0.15, -0.1) is 0 Å². The highest BCUT2D eigenvalue weighted by atomic mass is 35.5. The van der Waals surface area contributed by atoms with Crippen LogP contribution in [-0.2, 0) is 9.84 Å². The summed E-state index contributed by atoms with van der Waals surface area (Å²) in [5.74, 6) is 0.820. The molecule has 1 heterocycles. The molecular weight excluding hydrogens is 422 g/mol. The molecule has 0 unspecified atom stereocenters. The fraction of sp³-hybridized carbons (Fsp3) is 0.238. The summed E-state index contributed by atoms with van der Waals surface area (Å²) in [7, 11) is -3.22. The molecule has 4 N–H and O–H groups in total. The molecule has 0 atom stereocenters. The lowest BCUT2D eigenvalue weighted by Crippen LogP contribution is -2.11. The molecule has 0 aliphatic rings. The van der Waals surface area contributed by atoms with Crippen molar-refractivity contribution in [3.05, 3.63) is 59.1 Å². The second kappa shape index (κ2) is 9.32. The van der Waals surface area contributed by atoms with Gasteiger partial charge in [0.2, 0.25) is 5.95 Å². The summed E-state index contributed by atoms with van der Waals surface area (Å²) in [5.41, 5.74) is 9.20. The minimum Gasteiger partial charge on any atom is -0.385 e. The van der Waals surface area contributed by atoms with Crippen LogP contribution in [0.25, 0.3) is 11.3 Å². The summed E-state index contributed by atoms with van der Waals surface area (Å²) >= 11 is 6.22. The molecule has 0 radical (unpaired) electrons. The lowest BCUT2D eigenvalue weighted by Gasteiger charge is -2.11. The first-order valence-electron chi connectivity index (χ1n) is 9.42. The third kappa shape index (κ3) is 5.61. The number of nitrogen functional groups attached to an aromatic ring is 1. The molecule has 2 aromatic carbocycles. The number of sulfone groups is 1. The minimum atomic E-state index is -3.22. The van der Waals surface area contributed by atoms with E-state index in [1.54, 1.807) is 18.2 Å². The maximum absolute atomic E-state index is 11.6. The van der Waals surface area contributed by atoms with Crippen LogP contribution < -0.4 is 16.4 Å². The SMILES string of the molecule is Cc1c(Cl)cccc1-c1cc(NCCCNc2cccc(S(C)(=O)=O)c2)nc(N)n1. The normalized spacial score (nSPS) is 11.3. The number of nitrogens with two attached hydrogens (primary N) is 1. The molecule has 7 nitrogen and oxygen atoms in total. The fourth-order valence-electron chi connectivity index (χ4n) is 2.95. The first-order chi connectivity index (χ1) is 14.2. The van der Waals surface area contributed by atoms with Gasteiger partial charge in [-0.2, -0.15) is 4.98 Å². The van der Waals surface area contributed by atoms with Gasteiger partial charge in [0.15, 0.2) is 9.84 Å². The molecule has 0 saturated carbocycles. The van der Waals surface area contributed by atoms with Gasteiger partial charge in [0.05, 0.1) is 10.6 Å². The molecular formula is C21H24ClN5O2S. The van der Waals surface area contributed by atoms with E-state index >= 15 is 0 Å². The van der Waals surface area contributed by atoms with E-state index in [4.69, 9.17) is 17.3 Å². The van der Waals surface area contributed by atoms with E-state index in [1.807, 2.05) is 37.3 Å². The van der Waals surface area contributed by atoms with E-state index in [9.17, 15) is 8.42 Å². The molecule has 0 aliphatic carbocycles. The number of hydrogen-bond donors (Lipinski definition) is 3. The zero-order valence-electron chi connectivity index (χ0n) is 16.8. The molecule has 3 rings (SSSR count). The average Bonchev–Trinajstić information content (AvgIpc) is 2.69. The zero-order chi connectivity index (χ0) is 21.7. The molecule has 1 aromatic heterocycles. The van der Waals surface area contributed by atoms with Crippen molar-refractivity contribution in [1.29, 1.82) is 0 Å². The predicted molar refractivity (Wildman–Crippen MR) is 123 cm³/mol. The van der Waals surface area contributed by atoms with Crippen LogP contribution in [0.5, 0.6) is 0 Å². The molecule has 9 heteroatoms. The molecule has 0 amide bonds. The number of rotatable bonds is 8. The molecule has 0 saturated heterocycles. The van der Waals surface area contributed by atoms with E-state index in [0.717, 1.165) is 23.2 Å². The third-order valence-electron chi connectivity index (χ3n) is 4.54. The number of nitrogens with zero attached hydrogens (tertiary/aromatic N) is 2. The second-order valence-electron chi connectivity index (χ2n) is 6.92. The zero-order valence-corrected chi connectivity index (χ0v) is 18.4.